The Bertz CT molecular complexity index is 460. The molecule has 1 rings (SSSR count). The summed E-state index contributed by atoms with van der Waals surface area (Å²) >= 11 is 0. The van der Waals surface area contributed by atoms with Crippen molar-refractivity contribution in [3.8, 4) is 0 Å². The molecule has 0 aromatic carbocycles. The molecule has 0 aliphatic carbocycles. The van der Waals surface area contributed by atoms with E-state index >= 15 is 0 Å². The molecule has 0 aromatic heterocycles. The van der Waals surface area contributed by atoms with E-state index in [1.165, 1.54) is 180 Å². The largest absolute Gasteiger partial charge is 0.356 e. The highest BCUT2D eigenvalue weighted by Crippen LogP contribution is 2.23. The number of rotatable bonds is 28. The lowest BCUT2D eigenvalue weighted by molar-refractivity contribution is 0.135. The second-order valence-electron chi connectivity index (χ2n) is 11.8. The van der Waals surface area contributed by atoms with Gasteiger partial charge in [0.15, 0.2) is 0 Å². The first-order valence-electron chi connectivity index (χ1n) is 17.0. The first-order chi connectivity index (χ1) is 17.8. The third-order valence-electron chi connectivity index (χ3n) is 8.32. The Kier molecular flexibility index (Phi) is 24.1. The van der Waals surface area contributed by atoms with Crippen molar-refractivity contribution in [1.82, 2.24) is 9.80 Å². The molecule has 0 saturated carbocycles. The minimum atomic E-state index is 0.642. The van der Waals surface area contributed by atoms with E-state index in [-0.39, 0.29) is 0 Å². The van der Waals surface area contributed by atoms with E-state index in [4.69, 9.17) is 0 Å². The number of hydrogen-bond acceptors (Lipinski definition) is 2. The Labute approximate surface area is 229 Å². The Hall–Kier alpha value is -0.660. The van der Waals surface area contributed by atoms with E-state index in [2.05, 4.69) is 43.0 Å². The van der Waals surface area contributed by atoms with E-state index in [0.29, 0.717) is 6.17 Å². The molecule has 2 nitrogen and oxygen atoms in total. The van der Waals surface area contributed by atoms with Crippen molar-refractivity contribution in [2.45, 2.75) is 194 Å². The monoisotopic (exact) mass is 505 g/mol. The van der Waals surface area contributed by atoms with Crippen molar-refractivity contribution < 1.29 is 0 Å². The number of unbranched alkanes of at least 4 members (excludes halogenated alkanes) is 22. The molecule has 1 aliphatic heterocycles. The molecule has 0 saturated heterocycles. The maximum Gasteiger partial charge on any atom is 0.101 e. The molecule has 0 bridgehead atoms. The Morgan fingerprint density at radius 1 is 0.361 bits per heavy atom. The van der Waals surface area contributed by atoms with Crippen molar-refractivity contribution in [2.75, 3.05) is 13.1 Å². The van der Waals surface area contributed by atoms with E-state index in [9.17, 15) is 0 Å². The molecule has 0 aromatic rings. The second kappa shape index (κ2) is 26.0. The van der Waals surface area contributed by atoms with E-state index in [1.54, 1.807) is 0 Å². The normalized spacial score (nSPS) is 15.5. The fourth-order valence-electron chi connectivity index (χ4n) is 5.83. The van der Waals surface area contributed by atoms with Crippen LogP contribution in [0.3, 0.4) is 0 Å². The molecule has 0 amide bonds. The van der Waals surface area contributed by atoms with Gasteiger partial charge in [0, 0.05) is 25.5 Å². The molecular weight excluding hydrogens is 436 g/mol. The second-order valence-corrected chi connectivity index (χ2v) is 11.8. The van der Waals surface area contributed by atoms with E-state index in [0.717, 1.165) is 0 Å². The SMILES string of the molecule is CCCCCCCCCCCCCCN1C=CN(CCCCCCCCCCCC)C1CCCCC. The average molecular weight is 505 g/mol. The van der Waals surface area contributed by atoms with Crippen LogP contribution in [0.25, 0.3) is 0 Å². The van der Waals surface area contributed by atoms with Gasteiger partial charge in [0.1, 0.15) is 6.17 Å². The van der Waals surface area contributed by atoms with Crippen molar-refractivity contribution >= 4 is 0 Å². The quantitative estimate of drug-likeness (QED) is 0.0977. The molecule has 1 unspecified atom stereocenters. The smallest absolute Gasteiger partial charge is 0.101 e. The fourth-order valence-corrected chi connectivity index (χ4v) is 5.83. The van der Waals surface area contributed by atoms with Crippen LogP contribution in [0.1, 0.15) is 188 Å². The van der Waals surface area contributed by atoms with Gasteiger partial charge in [-0.1, -0.05) is 162 Å². The fraction of sp³-hybridized carbons (Fsp3) is 0.941. The van der Waals surface area contributed by atoms with Crippen molar-refractivity contribution in [1.29, 1.82) is 0 Å². The summed E-state index contributed by atoms with van der Waals surface area (Å²) in [5.41, 5.74) is 0. The summed E-state index contributed by atoms with van der Waals surface area (Å²) in [6.07, 6.45) is 42.5. The minimum absolute atomic E-state index is 0.642. The maximum atomic E-state index is 2.68. The number of nitrogens with zero attached hydrogens (tertiary/aromatic N) is 2. The third kappa shape index (κ3) is 18.6. The van der Waals surface area contributed by atoms with Crippen molar-refractivity contribution in [2.24, 2.45) is 0 Å². The summed E-state index contributed by atoms with van der Waals surface area (Å²) in [7, 11) is 0. The van der Waals surface area contributed by atoms with Gasteiger partial charge in [-0.3, -0.25) is 0 Å². The zero-order valence-corrected chi connectivity index (χ0v) is 25.4. The maximum absolute atomic E-state index is 2.68. The first kappa shape index (κ1) is 33.4. The van der Waals surface area contributed by atoms with Crippen LogP contribution in [0, 0.1) is 0 Å². The lowest BCUT2D eigenvalue weighted by Gasteiger charge is -2.33. The van der Waals surface area contributed by atoms with Gasteiger partial charge >= 0.3 is 0 Å². The lowest BCUT2D eigenvalue weighted by Crippen LogP contribution is -2.39. The van der Waals surface area contributed by atoms with Crippen LogP contribution < -0.4 is 0 Å². The average Bonchev–Trinajstić information content (AvgIpc) is 3.27. The minimum Gasteiger partial charge on any atom is -0.356 e. The van der Waals surface area contributed by atoms with Gasteiger partial charge < -0.3 is 9.80 Å². The molecule has 0 fully saturated rings. The lowest BCUT2D eigenvalue weighted by atomic mass is 10.1. The highest BCUT2D eigenvalue weighted by atomic mass is 15.4. The zero-order valence-electron chi connectivity index (χ0n) is 25.4. The van der Waals surface area contributed by atoms with Gasteiger partial charge in [-0.15, -0.1) is 0 Å². The highest BCUT2D eigenvalue weighted by Gasteiger charge is 2.24. The third-order valence-corrected chi connectivity index (χ3v) is 8.32. The van der Waals surface area contributed by atoms with Crippen LogP contribution >= 0.6 is 0 Å². The Balaban J connectivity index is 2.10. The molecule has 0 radical (unpaired) electrons. The van der Waals surface area contributed by atoms with Gasteiger partial charge in [0.2, 0.25) is 0 Å². The predicted molar refractivity (Wildman–Crippen MR) is 163 cm³/mol. The summed E-state index contributed by atoms with van der Waals surface area (Å²) in [5.74, 6) is 0. The van der Waals surface area contributed by atoms with Gasteiger partial charge in [-0.25, -0.2) is 0 Å². The Morgan fingerprint density at radius 2 is 0.639 bits per heavy atom. The van der Waals surface area contributed by atoms with E-state index in [1.807, 2.05) is 0 Å². The number of hydrogen-bond donors (Lipinski definition) is 0. The molecule has 2 heteroatoms. The van der Waals surface area contributed by atoms with Crippen LogP contribution in [0.5, 0.6) is 0 Å². The molecule has 1 atom stereocenters. The summed E-state index contributed by atoms with van der Waals surface area (Å²) in [5, 5.41) is 0. The molecule has 214 valence electrons. The van der Waals surface area contributed by atoms with Gasteiger partial charge in [0.25, 0.3) is 0 Å². The van der Waals surface area contributed by atoms with Gasteiger partial charge in [0.05, 0.1) is 0 Å². The molecule has 1 heterocycles. The molecule has 1 aliphatic rings. The Morgan fingerprint density at radius 3 is 0.972 bits per heavy atom. The van der Waals surface area contributed by atoms with Crippen LogP contribution in [-0.4, -0.2) is 29.1 Å². The predicted octanol–water partition coefficient (Wildman–Crippen LogP) is 11.6. The zero-order chi connectivity index (χ0) is 25.9. The highest BCUT2D eigenvalue weighted by molar-refractivity contribution is 4.97. The van der Waals surface area contributed by atoms with Gasteiger partial charge in [-0.2, -0.15) is 0 Å². The molecule has 0 spiro atoms. The first-order valence-corrected chi connectivity index (χ1v) is 17.0. The summed E-state index contributed by atoms with van der Waals surface area (Å²) < 4.78 is 0. The van der Waals surface area contributed by atoms with Gasteiger partial charge in [-0.05, 0) is 25.7 Å². The topological polar surface area (TPSA) is 6.48 Å². The van der Waals surface area contributed by atoms with E-state index < -0.39 is 0 Å². The van der Waals surface area contributed by atoms with Crippen LogP contribution in [0.15, 0.2) is 12.4 Å². The molecule has 36 heavy (non-hydrogen) atoms. The van der Waals surface area contributed by atoms with Crippen LogP contribution in [0.4, 0.5) is 0 Å². The summed E-state index contributed by atoms with van der Waals surface area (Å²) in [4.78, 5) is 5.36. The molecular formula is C34H68N2. The molecule has 0 N–H and O–H groups in total. The summed E-state index contributed by atoms with van der Waals surface area (Å²) in [6.45, 7) is 9.47. The van der Waals surface area contributed by atoms with Crippen molar-refractivity contribution in [3.63, 3.8) is 0 Å². The van der Waals surface area contributed by atoms with Crippen LogP contribution in [-0.2, 0) is 0 Å². The summed E-state index contributed by atoms with van der Waals surface area (Å²) in [6, 6.07) is 0. The standard InChI is InChI=1S/C34H68N2/c1-4-7-10-12-14-16-18-19-21-23-25-28-31-36-33-32-35(34(36)29-26-9-6-3)30-27-24-22-20-17-15-13-11-8-5-2/h32-34H,4-31H2,1-3H3. The van der Waals surface area contributed by atoms with Crippen LogP contribution in [0.2, 0.25) is 0 Å². The van der Waals surface area contributed by atoms with Crippen molar-refractivity contribution in [3.05, 3.63) is 12.4 Å².